The zero-order valence-corrected chi connectivity index (χ0v) is 12.7. The quantitative estimate of drug-likeness (QED) is 0.807. The number of aromatic nitrogens is 3. The Labute approximate surface area is 129 Å². The molecule has 6 heteroatoms. The SMILES string of the molecule is CC1(C(=O)Nc2ccc(-c3n[nH]c(CN)n3)cc2)CCCC1. The lowest BCUT2D eigenvalue weighted by Crippen LogP contribution is -2.30. The van der Waals surface area contributed by atoms with Gasteiger partial charge < -0.3 is 11.1 Å². The monoisotopic (exact) mass is 299 g/mol. The van der Waals surface area contributed by atoms with Crippen LogP contribution in [-0.2, 0) is 11.3 Å². The second kappa shape index (κ2) is 5.88. The number of aromatic amines is 1. The molecule has 0 spiro atoms. The number of anilines is 1. The van der Waals surface area contributed by atoms with E-state index in [2.05, 4.69) is 20.5 Å². The lowest BCUT2D eigenvalue weighted by Gasteiger charge is -2.22. The van der Waals surface area contributed by atoms with Gasteiger partial charge in [-0.1, -0.05) is 19.8 Å². The Morgan fingerprint density at radius 2 is 2.00 bits per heavy atom. The maximum absolute atomic E-state index is 12.4. The highest BCUT2D eigenvalue weighted by molar-refractivity contribution is 5.95. The van der Waals surface area contributed by atoms with Crippen LogP contribution in [0.15, 0.2) is 24.3 Å². The lowest BCUT2D eigenvalue weighted by molar-refractivity contribution is -0.124. The van der Waals surface area contributed by atoms with Crippen molar-refractivity contribution in [2.75, 3.05) is 5.32 Å². The highest BCUT2D eigenvalue weighted by Crippen LogP contribution is 2.38. The molecule has 0 bridgehead atoms. The summed E-state index contributed by atoms with van der Waals surface area (Å²) in [6.45, 7) is 2.38. The van der Waals surface area contributed by atoms with Crippen molar-refractivity contribution in [1.29, 1.82) is 0 Å². The molecule has 0 radical (unpaired) electrons. The molecule has 0 saturated heterocycles. The summed E-state index contributed by atoms with van der Waals surface area (Å²) in [6, 6.07) is 7.56. The van der Waals surface area contributed by atoms with Crippen LogP contribution in [0, 0.1) is 5.41 Å². The van der Waals surface area contributed by atoms with Crippen LogP contribution >= 0.6 is 0 Å². The van der Waals surface area contributed by atoms with Gasteiger partial charge in [0, 0.05) is 16.7 Å². The number of hydrogen-bond acceptors (Lipinski definition) is 4. The minimum atomic E-state index is -0.224. The van der Waals surface area contributed by atoms with Gasteiger partial charge in [0.25, 0.3) is 0 Å². The first kappa shape index (κ1) is 14.7. The molecule has 0 unspecified atom stereocenters. The van der Waals surface area contributed by atoms with Crippen molar-refractivity contribution in [2.45, 2.75) is 39.2 Å². The number of H-pyrrole nitrogens is 1. The highest BCUT2D eigenvalue weighted by Gasteiger charge is 2.36. The van der Waals surface area contributed by atoms with Crippen molar-refractivity contribution in [3.8, 4) is 11.4 Å². The Balaban J connectivity index is 1.70. The van der Waals surface area contributed by atoms with Gasteiger partial charge in [0.15, 0.2) is 5.82 Å². The minimum Gasteiger partial charge on any atom is -0.326 e. The average molecular weight is 299 g/mol. The number of rotatable bonds is 4. The van der Waals surface area contributed by atoms with E-state index in [1.807, 2.05) is 31.2 Å². The summed E-state index contributed by atoms with van der Waals surface area (Å²) in [5.41, 5.74) is 6.98. The van der Waals surface area contributed by atoms with Gasteiger partial charge in [-0.05, 0) is 37.1 Å². The van der Waals surface area contributed by atoms with Gasteiger partial charge in [-0.2, -0.15) is 5.10 Å². The number of carbonyl (C=O) groups is 1. The summed E-state index contributed by atoms with van der Waals surface area (Å²) in [5.74, 6) is 1.38. The summed E-state index contributed by atoms with van der Waals surface area (Å²) in [5, 5.41) is 9.92. The van der Waals surface area contributed by atoms with Crippen LogP contribution in [-0.4, -0.2) is 21.1 Å². The van der Waals surface area contributed by atoms with Gasteiger partial charge in [0.2, 0.25) is 5.91 Å². The van der Waals surface area contributed by atoms with E-state index in [0.717, 1.165) is 36.9 Å². The summed E-state index contributed by atoms with van der Waals surface area (Å²) in [4.78, 5) is 16.7. The van der Waals surface area contributed by atoms with E-state index < -0.39 is 0 Å². The van der Waals surface area contributed by atoms with Crippen LogP contribution < -0.4 is 11.1 Å². The van der Waals surface area contributed by atoms with E-state index >= 15 is 0 Å². The highest BCUT2D eigenvalue weighted by atomic mass is 16.2. The molecular formula is C16H21N5O. The molecule has 1 fully saturated rings. The molecule has 4 N–H and O–H groups in total. The molecule has 22 heavy (non-hydrogen) atoms. The maximum atomic E-state index is 12.4. The first-order valence-corrected chi connectivity index (χ1v) is 7.64. The van der Waals surface area contributed by atoms with E-state index in [-0.39, 0.29) is 11.3 Å². The Hall–Kier alpha value is -2.21. The van der Waals surface area contributed by atoms with Crippen LogP contribution in [0.5, 0.6) is 0 Å². The molecule has 116 valence electrons. The molecule has 1 aliphatic carbocycles. The molecule has 3 rings (SSSR count). The van der Waals surface area contributed by atoms with Gasteiger partial charge in [0.05, 0.1) is 6.54 Å². The molecule has 1 aromatic carbocycles. The number of nitrogens with two attached hydrogens (primary N) is 1. The predicted molar refractivity (Wildman–Crippen MR) is 84.9 cm³/mol. The summed E-state index contributed by atoms with van der Waals surface area (Å²) < 4.78 is 0. The normalized spacial score (nSPS) is 16.6. The standard InChI is InChI=1S/C16H21N5O/c1-16(8-2-3-9-16)15(22)18-12-6-4-11(5-7-12)14-19-13(10-17)20-21-14/h4-7H,2-3,8-10,17H2,1H3,(H,18,22)(H,19,20,21). The molecule has 1 saturated carbocycles. The summed E-state index contributed by atoms with van der Waals surface area (Å²) in [6.07, 6.45) is 4.21. The van der Waals surface area contributed by atoms with Gasteiger partial charge in [0.1, 0.15) is 5.82 Å². The van der Waals surface area contributed by atoms with Crippen molar-refractivity contribution in [1.82, 2.24) is 15.2 Å². The number of amides is 1. The van der Waals surface area contributed by atoms with E-state index in [0.29, 0.717) is 18.2 Å². The molecule has 0 atom stereocenters. The van der Waals surface area contributed by atoms with Gasteiger partial charge in [-0.25, -0.2) is 4.98 Å². The van der Waals surface area contributed by atoms with E-state index in [1.54, 1.807) is 0 Å². The minimum absolute atomic E-state index is 0.112. The second-order valence-corrected chi connectivity index (χ2v) is 6.11. The Kier molecular flexibility index (Phi) is 3.94. The van der Waals surface area contributed by atoms with Crippen molar-refractivity contribution < 1.29 is 4.79 Å². The zero-order chi connectivity index (χ0) is 15.6. The molecular weight excluding hydrogens is 278 g/mol. The van der Waals surface area contributed by atoms with Crippen LogP contribution in [0.4, 0.5) is 5.69 Å². The fourth-order valence-corrected chi connectivity index (χ4v) is 2.88. The number of nitrogens with one attached hydrogen (secondary N) is 2. The van der Waals surface area contributed by atoms with Crippen molar-refractivity contribution in [3.05, 3.63) is 30.1 Å². The second-order valence-electron chi connectivity index (χ2n) is 6.11. The Morgan fingerprint density at radius 1 is 1.32 bits per heavy atom. The maximum Gasteiger partial charge on any atom is 0.230 e. The average Bonchev–Trinajstić information content (AvgIpc) is 3.17. The van der Waals surface area contributed by atoms with Crippen molar-refractivity contribution in [2.24, 2.45) is 11.1 Å². The van der Waals surface area contributed by atoms with Crippen molar-refractivity contribution in [3.63, 3.8) is 0 Å². The number of hydrogen-bond donors (Lipinski definition) is 3. The molecule has 1 heterocycles. The fourth-order valence-electron chi connectivity index (χ4n) is 2.88. The first-order valence-electron chi connectivity index (χ1n) is 7.64. The van der Waals surface area contributed by atoms with E-state index in [9.17, 15) is 4.79 Å². The third-order valence-electron chi connectivity index (χ3n) is 4.38. The number of carbonyl (C=O) groups excluding carboxylic acids is 1. The largest absolute Gasteiger partial charge is 0.326 e. The van der Waals surface area contributed by atoms with Crippen LogP contribution in [0.25, 0.3) is 11.4 Å². The molecule has 2 aromatic rings. The van der Waals surface area contributed by atoms with Crippen LogP contribution in [0.3, 0.4) is 0 Å². The lowest BCUT2D eigenvalue weighted by atomic mass is 9.88. The number of nitrogens with zero attached hydrogens (tertiary/aromatic N) is 2. The summed E-state index contributed by atoms with van der Waals surface area (Å²) >= 11 is 0. The summed E-state index contributed by atoms with van der Waals surface area (Å²) in [7, 11) is 0. The third-order valence-corrected chi connectivity index (χ3v) is 4.38. The molecule has 0 aliphatic heterocycles. The molecule has 1 aromatic heterocycles. The number of benzene rings is 1. The van der Waals surface area contributed by atoms with E-state index in [4.69, 9.17) is 5.73 Å². The topological polar surface area (TPSA) is 96.7 Å². The molecule has 1 aliphatic rings. The first-order chi connectivity index (χ1) is 10.6. The van der Waals surface area contributed by atoms with Gasteiger partial charge in [-0.3, -0.25) is 9.89 Å². The van der Waals surface area contributed by atoms with Crippen LogP contribution in [0.2, 0.25) is 0 Å². The predicted octanol–water partition coefficient (Wildman–Crippen LogP) is 2.45. The van der Waals surface area contributed by atoms with Gasteiger partial charge in [-0.15, -0.1) is 0 Å². The zero-order valence-electron chi connectivity index (χ0n) is 12.7. The van der Waals surface area contributed by atoms with E-state index in [1.165, 1.54) is 0 Å². The van der Waals surface area contributed by atoms with Gasteiger partial charge >= 0.3 is 0 Å². The Bertz CT molecular complexity index is 655. The molecule has 1 amide bonds. The third kappa shape index (κ3) is 2.87. The Morgan fingerprint density at radius 3 is 2.59 bits per heavy atom. The fraction of sp³-hybridized carbons (Fsp3) is 0.438. The smallest absolute Gasteiger partial charge is 0.230 e. The van der Waals surface area contributed by atoms with Crippen LogP contribution in [0.1, 0.15) is 38.4 Å². The molecule has 6 nitrogen and oxygen atoms in total. The van der Waals surface area contributed by atoms with Crippen molar-refractivity contribution >= 4 is 11.6 Å².